The highest BCUT2D eigenvalue weighted by molar-refractivity contribution is 5.67. The highest BCUT2D eigenvalue weighted by atomic mass is 16.4. The van der Waals surface area contributed by atoms with E-state index in [2.05, 4.69) is 5.32 Å². The third kappa shape index (κ3) is 2.21. The predicted octanol–water partition coefficient (Wildman–Crippen LogP) is 1.24. The average Bonchev–Trinajstić information content (AvgIpc) is 2.32. The quantitative estimate of drug-likeness (QED) is 0.671. The summed E-state index contributed by atoms with van der Waals surface area (Å²) in [5.41, 5.74) is -0.109. The van der Waals surface area contributed by atoms with Crippen molar-refractivity contribution in [3.63, 3.8) is 0 Å². The second kappa shape index (κ2) is 3.44. The van der Waals surface area contributed by atoms with Gasteiger partial charge in [-0.15, -0.1) is 0 Å². The average molecular weight is 171 g/mol. The minimum Gasteiger partial charge on any atom is -0.481 e. The first-order chi connectivity index (χ1) is 5.52. The molecule has 1 rings (SSSR count). The first-order valence-electron chi connectivity index (χ1n) is 4.47. The molecule has 1 aliphatic heterocycles. The molecule has 1 fully saturated rings. The summed E-state index contributed by atoms with van der Waals surface area (Å²) in [6.45, 7) is 5.07. The Balaban J connectivity index is 2.50. The summed E-state index contributed by atoms with van der Waals surface area (Å²) in [5, 5.41) is 12.0. The molecule has 0 bridgehead atoms. The van der Waals surface area contributed by atoms with E-state index >= 15 is 0 Å². The van der Waals surface area contributed by atoms with Crippen molar-refractivity contribution in [2.45, 2.75) is 39.2 Å². The molecule has 0 radical (unpaired) electrons. The first-order valence-corrected chi connectivity index (χ1v) is 4.47. The molecule has 70 valence electrons. The Kier molecular flexibility index (Phi) is 2.73. The molecule has 0 aromatic carbocycles. The van der Waals surface area contributed by atoms with Crippen LogP contribution in [0.1, 0.15) is 33.1 Å². The number of carbonyl (C=O) groups is 1. The Bertz CT molecular complexity index is 171. The van der Waals surface area contributed by atoms with Crippen LogP contribution >= 0.6 is 0 Å². The van der Waals surface area contributed by atoms with E-state index in [0.717, 1.165) is 13.0 Å². The van der Waals surface area contributed by atoms with E-state index < -0.39 is 5.97 Å². The van der Waals surface area contributed by atoms with Crippen LogP contribution in [0.4, 0.5) is 0 Å². The van der Waals surface area contributed by atoms with E-state index in [4.69, 9.17) is 5.11 Å². The smallest absolute Gasteiger partial charge is 0.303 e. The minimum absolute atomic E-state index is 0.109. The van der Waals surface area contributed by atoms with Crippen LogP contribution in [0.3, 0.4) is 0 Å². The summed E-state index contributed by atoms with van der Waals surface area (Å²) in [5.74, 6) is -0.700. The summed E-state index contributed by atoms with van der Waals surface area (Å²) in [6.07, 6.45) is 2.54. The van der Waals surface area contributed by atoms with Crippen LogP contribution in [0.25, 0.3) is 0 Å². The molecular weight excluding hydrogens is 154 g/mol. The maximum Gasteiger partial charge on any atom is 0.303 e. The van der Waals surface area contributed by atoms with Crippen molar-refractivity contribution >= 4 is 5.97 Å². The molecule has 0 aromatic heterocycles. The second-order valence-corrected chi connectivity index (χ2v) is 4.21. The van der Waals surface area contributed by atoms with Gasteiger partial charge in [0, 0.05) is 6.04 Å². The Hall–Kier alpha value is -0.570. The maximum absolute atomic E-state index is 10.5. The fourth-order valence-electron chi connectivity index (χ4n) is 1.86. The van der Waals surface area contributed by atoms with Crippen molar-refractivity contribution in [2.75, 3.05) is 6.54 Å². The number of nitrogens with one attached hydrogen (secondary N) is 1. The Labute approximate surface area is 73.2 Å². The Morgan fingerprint density at radius 1 is 1.67 bits per heavy atom. The van der Waals surface area contributed by atoms with Gasteiger partial charge in [0.1, 0.15) is 0 Å². The molecule has 1 unspecified atom stereocenters. The fourth-order valence-corrected chi connectivity index (χ4v) is 1.86. The summed E-state index contributed by atoms with van der Waals surface area (Å²) < 4.78 is 0. The van der Waals surface area contributed by atoms with Crippen molar-refractivity contribution in [3.8, 4) is 0 Å². The van der Waals surface area contributed by atoms with Crippen molar-refractivity contribution in [1.82, 2.24) is 5.32 Å². The number of aliphatic carboxylic acids is 1. The molecule has 3 nitrogen and oxygen atoms in total. The van der Waals surface area contributed by atoms with Crippen molar-refractivity contribution < 1.29 is 9.90 Å². The second-order valence-electron chi connectivity index (χ2n) is 4.21. The highest BCUT2D eigenvalue weighted by Gasteiger charge is 2.33. The fraction of sp³-hybridized carbons (Fsp3) is 0.889. The number of carboxylic acids is 1. The zero-order valence-corrected chi connectivity index (χ0v) is 7.76. The largest absolute Gasteiger partial charge is 0.481 e. The van der Waals surface area contributed by atoms with Gasteiger partial charge in [0.15, 0.2) is 0 Å². The molecule has 0 amide bonds. The van der Waals surface area contributed by atoms with Crippen LogP contribution in [0.2, 0.25) is 0 Å². The van der Waals surface area contributed by atoms with Gasteiger partial charge in [0.25, 0.3) is 0 Å². The van der Waals surface area contributed by atoms with Gasteiger partial charge < -0.3 is 10.4 Å². The standard InChI is InChI=1S/C9H17NO2/c1-9(2,6-8(11)12)7-4-3-5-10-7/h7,10H,3-6H2,1-2H3,(H,11,12). The van der Waals surface area contributed by atoms with Gasteiger partial charge >= 0.3 is 5.97 Å². The molecule has 1 heterocycles. The zero-order chi connectivity index (χ0) is 9.19. The van der Waals surface area contributed by atoms with E-state index in [9.17, 15) is 4.79 Å². The summed E-state index contributed by atoms with van der Waals surface area (Å²) >= 11 is 0. The van der Waals surface area contributed by atoms with Crippen LogP contribution in [0.5, 0.6) is 0 Å². The Morgan fingerprint density at radius 3 is 2.75 bits per heavy atom. The molecule has 0 aromatic rings. The lowest BCUT2D eigenvalue weighted by Gasteiger charge is -2.29. The maximum atomic E-state index is 10.5. The van der Waals surface area contributed by atoms with Crippen LogP contribution < -0.4 is 5.32 Å². The van der Waals surface area contributed by atoms with Crippen molar-refractivity contribution in [3.05, 3.63) is 0 Å². The van der Waals surface area contributed by atoms with Crippen LogP contribution in [0.15, 0.2) is 0 Å². The topological polar surface area (TPSA) is 49.3 Å². The van der Waals surface area contributed by atoms with Gasteiger partial charge in [-0.3, -0.25) is 4.79 Å². The number of hydrogen-bond acceptors (Lipinski definition) is 2. The zero-order valence-electron chi connectivity index (χ0n) is 7.76. The lowest BCUT2D eigenvalue weighted by Crippen LogP contribution is -2.38. The molecule has 3 heteroatoms. The highest BCUT2D eigenvalue weighted by Crippen LogP contribution is 2.30. The predicted molar refractivity (Wildman–Crippen MR) is 47.1 cm³/mol. The lowest BCUT2D eigenvalue weighted by atomic mass is 9.80. The van der Waals surface area contributed by atoms with Gasteiger partial charge in [-0.05, 0) is 24.8 Å². The van der Waals surface area contributed by atoms with Gasteiger partial charge in [-0.2, -0.15) is 0 Å². The van der Waals surface area contributed by atoms with E-state index in [0.29, 0.717) is 6.04 Å². The molecule has 0 aliphatic carbocycles. The lowest BCUT2D eigenvalue weighted by molar-refractivity contribution is -0.139. The monoisotopic (exact) mass is 171 g/mol. The SMILES string of the molecule is CC(C)(CC(=O)O)C1CCCN1. The van der Waals surface area contributed by atoms with E-state index in [1.54, 1.807) is 0 Å². The van der Waals surface area contributed by atoms with E-state index in [1.807, 2.05) is 13.8 Å². The van der Waals surface area contributed by atoms with E-state index in [-0.39, 0.29) is 11.8 Å². The van der Waals surface area contributed by atoms with Gasteiger partial charge in [0.2, 0.25) is 0 Å². The number of carboxylic acid groups (broad SMARTS) is 1. The van der Waals surface area contributed by atoms with Crippen molar-refractivity contribution in [2.24, 2.45) is 5.41 Å². The number of rotatable bonds is 3. The normalized spacial score (nSPS) is 24.3. The summed E-state index contributed by atoms with van der Waals surface area (Å²) in [6, 6.07) is 0.383. The molecular formula is C9H17NO2. The van der Waals surface area contributed by atoms with Crippen molar-refractivity contribution in [1.29, 1.82) is 0 Å². The van der Waals surface area contributed by atoms with Crippen LogP contribution in [-0.2, 0) is 4.79 Å². The first kappa shape index (κ1) is 9.52. The van der Waals surface area contributed by atoms with E-state index in [1.165, 1.54) is 6.42 Å². The molecule has 2 N–H and O–H groups in total. The molecule has 1 atom stereocenters. The molecule has 0 saturated carbocycles. The summed E-state index contributed by atoms with van der Waals surface area (Å²) in [4.78, 5) is 10.5. The minimum atomic E-state index is -0.700. The van der Waals surface area contributed by atoms with Gasteiger partial charge in [-0.25, -0.2) is 0 Å². The molecule has 1 aliphatic rings. The molecule has 12 heavy (non-hydrogen) atoms. The molecule has 1 saturated heterocycles. The van der Waals surface area contributed by atoms with Crippen LogP contribution in [-0.4, -0.2) is 23.7 Å². The Morgan fingerprint density at radius 2 is 2.33 bits per heavy atom. The van der Waals surface area contributed by atoms with Gasteiger partial charge in [0.05, 0.1) is 6.42 Å². The third-order valence-electron chi connectivity index (χ3n) is 2.61. The summed E-state index contributed by atoms with van der Waals surface area (Å²) in [7, 11) is 0. The number of hydrogen-bond donors (Lipinski definition) is 2. The molecule has 0 spiro atoms. The van der Waals surface area contributed by atoms with Crippen LogP contribution in [0, 0.1) is 5.41 Å². The third-order valence-corrected chi connectivity index (χ3v) is 2.61. The van der Waals surface area contributed by atoms with Gasteiger partial charge in [-0.1, -0.05) is 13.8 Å².